The van der Waals surface area contributed by atoms with Crippen molar-refractivity contribution >= 4 is 17.3 Å². The van der Waals surface area contributed by atoms with E-state index in [0.29, 0.717) is 18.8 Å². The van der Waals surface area contributed by atoms with Gasteiger partial charge >= 0.3 is 0 Å². The number of halogens is 1. The molecular formula is C16H25ClN2O2. The predicted molar refractivity (Wildman–Crippen MR) is 86.9 cm³/mol. The number of aliphatic hydroxyl groups is 1. The average Bonchev–Trinajstić information content (AvgIpc) is 2.45. The van der Waals surface area contributed by atoms with Crippen LogP contribution in [0.2, 0.25) is 0 Å². The minimum Gasteiger partial charge on any atom is -0.390 e. The molecule has 1 aromatic rings. The van der Waals surface area contributed by atoms with Crippen LogP contribution >= 0.6 is 11.6 Å². The van der Waals surface area contributed by atoms with Crippen LogP contribution in [0.1, 0.15) is 19.4 Å². The Bertz CT molecular complexity index is 417. The maximum Gasteiger partial charge on any atom is 0.0847 e. The number of aliphatic hydroxyl groups excluding tert-OH is 1. The molecule has 0 radical (unpaired) electrons. The second kappa shape index (κ2) is 7.99. The zero-order chi connectivity index (χ0) is 15.2. The Morgan fingerprint density at radius 3 is 2.48 bits per heavy atom. The summed E-state index contributed by atoms with van der Waals surface area (Å²) in [6, 6.07) is 8.34. The van der Waals surface area contributed by atoms with Crippen molar-refractivity contribution in [2.45, 2.75) is 38.7 Å². The topological polar surface area (TPSA) is 44.7 Å². The number of ether oxygens (including phenoxy) is 1. The molecule has 3 unspecified atom stereocenters. The summed E-state index contributed by atoms with van der Waals surface area (Å²) >= 11 is 5.57. The Morgan fingerprint density at radius 2 is 1.90 bits per heavy atom. The number of anilines is 1. The fraction of sp³-hybridized carbons (Fsp3) is 0.625. The number of alkyl halides is 1. The quantitative estimate of drug-likeness (QED) is 0.791. The Kier molecular flexibility index (Phi) is 6.30. The van der Waals surface area contributed by atoms with E-state index in [1.807, 2.05) is 12.1 Å². The van der Waals surface area contributed by atoms with E-state index in [4.69, 9.17) is 16.3 Å². The molecule has 0 bridgehead atoms. The Labute approximate surface area is 132 Å². The van der Waals surface area contributed by atoms with Gasteiger partial charge in [-0.15, -0.1) is 11.6 Å². The lowest BCUT2D eigenvalue weighted by atomic mass is 10.1. The van der Waals surface area contributed by atoms with Crippen LogP contribution in [0.3, 0.4) is 0 Å². The van der Waals surface area contributed by atoms with Crippen LogP contribution in [0.5, 0.6) is 0 Å². The van der Waals surface area contributed by atoms with Crippen LogP contribution in [0.15, 0.2) is 24.3 Å². The standard InChI is InChI=1S/C16H25ClN2O2/c1-12-9-19(10-13(2)21-12)11-14-3-5-15(6-4-14)18-8-16(20)7-17/h3-6,12-13,16,18,20H,7-11H2,1-2H3. The lowest BCUT2D eigenvalue weighted by Crippen LogP contribution is -2.44. The van der Waals surface area contributed by atoms with Gasteiger partial charge in [0.1, 0.15) is 0 Å². The molecule has 1 aliphatic heterocycles. The first-order chi connectivity index (χ1) is 10.1. The molecule has 0 amide bonds. The van der Waals surface area contributed by atoms with E-state index in [1.54, 1.807) is 0 Å². The van der Waals surface area contributed by atoms with Gasteiger partial charge in [0.05, 0.1) is 24.2 Å². The summed E-state index contributed by atoms with van der Waals surface area (Å²) < 4.78 is 5.75. The number of hydrogen-bond acceptors (Lipinski definition) is 4. The molecule has 0 aliphatic carbocycles. The maximum absolute atomic E-state index is 9.43. The molecule has 118 valence electrons. The van der Waals surface area contributed by atoms with Crippen LogP contribution in [0, 0.1) is 0 Å². The molecule has 0 saturated carbocycles. The fourth-order valence-corrected chi connectivity index (χ4v) is 2.80. The van der Waals surface area contributed by atoms with Gasteiger partial charge in [-0.25, -0.2) is 0 Å². The summed E-state index contributed by atoms with van der Waals surface area (Å²) in [5.74, 6) is 0.248. The number of nitrogens with zero attached hydrogens (tertiary/aromatic N) is 1. The highest BCUT2D eigenvalue weighted by molar-refractivity contribution is 6.18. The molecule has 1 saturated heterocycles. The maximum atomic E-state index is 9.43. The van der Waals surface area contributed by atoms with E-state index in [0.717, 1.165) is 25.3 Å². The van der Waals surface area contributed by atoms with Gasteiger partial charge in [-0.1, -0.05) is 12.1 Å². The molecule has 1 aromatic carbocycles. The summed E-state index contributed by atoms with van der Waals surface area (Å²) in [6.45, 7) is 7.62. The summed E-state index contributed by atoms with van der Waals surface area (Å²) in [4.78, 5) is 2.43. The molecule has 0 aromatic heterocycles. The van der Waals surface area contributed by atoms with Crippen molar-refractivity contribution in [3.8, 4) is 0 Å². The molecule has 1 fully saturated rings. The molecule has 1 aliphatic rings. The van der Waals surface area contributed by atoms with Crippen LogP contribution < -0.4 is 5.32 Å². The van der Waals surface area contributed by atoms with Crippen molar-refractivity contribution in [2.75, 3.05) is 30.8 Å². The van der Waals surface area contributed by atoms with Crippen LogP contribution in [-0.2, 0) is 11.3 Å². The first kappa shape index (κ1) is 16.6. The van der Waals surface area contributed by atoms with Gasteiger partial charge in [0.25, 0.3) is 0 Å². The zero-order valence-electron chi connectivity index (χ0n) is 12.8. The minimum atomic E-state index is -0.511. The van der Waals surface area contributed by atoms with Crippen LogP contribution in [0.4, 0.5) is 5.69 Å². The van der Waals surface area contributed by atoms with E-state index < -0.39 is 6.10 Å². The Morgan fingerprint density at radius 1 is 1.29 bits per heavy atom. The predicted octanol–water partition coefficient (Wildman–Crippen LogP) is 2.31. The SMILES string of the molecule is CC1CN(Cc2ccc(NCC(O)CCl)cc2)CC(C)O1. The van der Waals surface area contributed by atoms with Crippen molar-refractivity contribution in [1.82, 2.24) is 4.90 Å². The highest BCUT2D eigenvalue weighted by Crippen LogP contribution is 2.16. The summed E-state index contributed by atoms with van der Waals surface area (Å²) in [5, 5.41) is 12.6. The third-order valence-electron chi connectivity index (χ3n) is 3.58. The van der Waals surface area contributed by atoms with Crippen LogP contribution in [0.25, 0.3) is 0 Å². The second-order valence-electron chi connectivity index (χ2n) is 5.84. The first-order valence-electron chi connectivity index (χ1n) is 7.51. The Hall–Kier alpha value is -0.810. The number of hydrogen-bond donors (Lipinski definition) is 2. The minimum absolute atomic E-state index is 0.248. The van der Waals surface area contributed by atoms with E-state index in [2.05, 4.69) is 36.2 Å². The normalized spacial score (nSPS) is 24.8. The fourth-order valence-electron chi connectivity index (χ4n) is 2.69. The van der Waals surface area contributed by atoms with Crippen molar-refractivity contribution in [3.63, 3.8) is 0 Å². The van der Waals surface area contributed by atoms with Gasteiger partial charge < -0.3 is 15.2 Å². The van der Waals surface area contributed by atoms with Gasteiger partial charge in [-0.05, 0) is 31.5 Å². The summed E-state index contributed by atoms with van der Waals surface area (Å²) in [5.41, 5.74) is 2.30. The zero-order valence-corrected chi connectivity index (χ0v) is 13.5. The van der Waals surface area contributed by atoms with Gasteiger partial charge in [-0.3, -0.25) is 4.90 Å². The van der Waals surface area contributed by atoms with Gasteiger partial charge in [-0.2, -0.15) is 0 Å². The molecule has 3 atom stereocenters. The second-order valence-corrected chi connectivity index (χ2v) is 6.15. The molecule has 1 heterocycles. The van der Waals surface area contributed by atoms with Crippen molar-refractivity contribution in [1.29, 1.82) is 0 Å². The van der Waals surface area contributed by atoms with Gasteiger partial charge in [0.2, 0.25) is 0 Å². The third-order valence-corrected chi connectivity index (χ3v) is 3.93. The van der Waals surface area contributed by atoms with Gasteiger partial charge in [0.15, 0.2) is 0 Å². The molecule has 5 heteroatoms. The molecule has 4 nitrogen and oxygen atoms in total. The van der Waals surface area contributed by atoms with E-state index in [-0.39, 0.29) is 5.88 Å². The number of nitrogens with one attached hydrogen (secondary N) is 1. The molecular weight excluding hydrogens is 288 g/mol. The van der Waals surface area contributed by atoms with Crippen molar-refractivity contribution < 1.29 is 9.84 Å². The van der Waals surface area contributed by atoms with Gasteiger partial charge in [0, 0.05) is 31.9 Å². The number of rotatable bonds is 6. The Balaban J connectivity index is 1.84. The molecule has 2 N–H and O–H groups in total. The highest BCUT2D eigenvalue weighted by Gasteiger charge is 2.21. The first-order valence-corrected chi connectivity index (χ1v) is 8.05. The van der Waals surface area contributed by atoms with E-state index in [1.165, 1.54) is 5.56 Å². The lowest BCUT2D eigenvalue weighted by molar-refractivity contribution is -0.0704. The molecule has 21 heavy (non-hydrogen) atoms. The number of morpholine rings is 1. The van der Waals surface area contributed by atoms with Crippen LogP contribution in [-0.4, -0.2) is 53.8 Å². The third kappa shape index (κ3) is 5.47. The summed E-state index contributed by atoms with van der Waals surface area (Å²) in [6.07, 6.45) is 0.0844. The largest absolute Gasteiger partial charge is 0.390 e. The molecule has 0 spiro atoms. The number of benzene rings is 1. The monoisotopic (exact) mass is 312 g/mol. The van der Waals surface area contributed by atoms with Crippen molar-refractivity contribution in [3.05, 3.63) is 29.8 Å². The highest BCUT2D eigenvalue weighted by atomic mass is 35.5. The van der Waals surface area contributed by atoms with E-state index in [9.17, 15) is 5.11 Å². The lowest BCUT2D eigenvalue weighted by Gasteiger charge is -2.35. The van der Waals surface area contributed by atoms with Crippen molar-refractivity contribution in [2.24, 2.45) is 0 Å². The summed E-state index contributed by atoms with van der Waals surface area (Å²) in [7, 11) is 0. The smallest absolute Gasteiger partial charge is 0.0847 e. The molecule has 2 rings (SSSR count). The van der Waals surface area contributed by atoms with E-state index >= 15 is 0 Å². The average molecular weight is 313 g/mol.